The van der Waals surface area contributed by atoms with Crippen molar-refractivity contribution < 1.29 is 13.2 Å². The van der Waals surface area contributed by atoms with Crippen LogP contribution in [-0.4, -0.2) is 0 Å². The van der Waals surface area contributed by atoms with Crippen molar-refractivity contribution in [3.63, 3.8) is 0 Å². The summed E-state index contributed by atoms with van der Waals surface area (Å²) in [6, 6.07) is 5.02. The lowest BCUT2D eigenvalue weighted by molar-refractivity contribution is -0.137. The summed E-state index contributed by atoms with van der Waals surface area (Å²) >= 11 is 0. The van der Waals surface area contributed by atoms with Gasteiger partial charge in [0.2, 0.25) is 0 Å². The zero-order valence-corrected chi connectivity index (χ0v) is 7.68. The summed E-state index contributed by atoms with van der Waals surface area (Å²) in [4.78, 5) is 0. The average molecular weight is 217 g/mol. The van der Waals surface area contributed by atoms with Crippen LogP contribution in [0.1, 0.15) is 11.1 Å². The van der Waals surface area contributed by atoms with Crippen LogP contribution in [0.25, 0.3) is 5.70 Å². The van der Waals surface area contributed by atoms with Crippen molar-refractivity contribution in [1.82, 2.24) is 5.43 Å². The van der Waals surface area contributed by atoms with Gasteiger partial charge in [0.1, 0.15) is 0 Å². The van der Waals surface area contributed by atoms with E-state index in [1.807, 2.05) is 0 Å². The molecule has 1 aromatic rings. The zero-order valence-electron chi connectivity index (χ0n) is 7.68. The van der Waals surface area contributed by atoms with Crippen molar-refractivity contribution in [3.8, 4) is 0 Å². The first-order chi connectivity index (χ1) is 6.96. The fourth-order valence-corrected chi connectivity index (χ4v) is 1.15. The van der Waals surface area contributed by atoms with E-state index in [4.69, 9.17) is 11.6 Å². The van der Waals surface area contributed by atoms with Gasteiger partial charge in [0.15, 0.2) is 0 Å². The summed E-state index contributed by atoms with van der Waals surface area (Å²) in [7, 11) is 0. The Kier molecular flexibility index (Phi) is 3.21. The highest BCUT2D eigenvalue weighted by atomic mass is 19.4. The number of hydrogen-bond donors (Lipinski definition) is 3. The Balaban J connectivity index is 3.24. The van der Waals surface area contributed by atoms with Crippen molar-refractivity contribution in [3.05, 3.63) is 41.6 Å². The van der Waals surface area contributed by atoms with Gasteiger partial charge in [-0.15, -0.1) is 0 Å². The number of alkyl halides is 3. The lowest BCUT2D eigenvalue weighted by Crippen LogP contribution is -2.18. The van der Waals surface area contributed by atoms with E-state index in [2.05, 4.69) is 5.43 Å². The van der Waals surface area contributed by atoms with Gasteiger partial charge in [0, 0.05) is 11.8 Å². The van der Waals surface area contributed by atoms with Crippen LogP contribution in [0.3, 0.4) is 0 Å². The predicted molar refractivity (Wildman–Crippen MR) is 50.9 cm³/mol. The van der Waals surface area contributed by atoms with Gasteiger partial charge in [-0.1, -0.05) is 18.2 Å². The van der Waals surface area contributed by atoms with Crippen LogP contribution in [0.4, 0.5) is 13.2 Å². The molecule has 0 radical (unpaired) electrons. The van der Waals surface area contributed by atoms with Crippen molar-refractivity contribution in [1.29, 1.82) is 0 Å². The van der Waals surface area contributed by atoms with E-state index in [1.165, 1.54) is 18.2 Å². The Morgan fingerprint density at radius 2 is 1.87 bits per heavy atom. The molecule has 15 heavy (non-hydrogen) atoms. The molecule has 5 N–H and O–H groups in total. The molecule has 0 aliphatic carbocycles. The number of nitrogens with two attached hydrogens (primary N) is 2. The Labute approximate surface area is 84.5 Å². The third kappa shape index (κ3) is 2.63. The molecule has 0 fully saturated rings. The van der Waals surface area contributed by atoms with Crippen LogP contribution in [-0.2, 0) is 6.18 Å². The number of halogens is 3. The molecule has 1 aromatic carbocycles. The predicted octanol–water partition coefficient (Wildman–Crippen LogP) is 1.43. The first-order valence-electron chi connectivity index (χ1n) is 4.05. The minimum atomic E-state index is -4.43. The second kappa shape index (κ2) is 4.22. The maximum Gasteiger partial charge on any atom is 0.417 e. The molecule has 0 atom stereocenters. The summed E-state index contributed by atoms with van der Waals surface area (Å²) < 4.78 is 37.5. The minimum absolute atomic E-state index is 0.0644. The van der Waals surface area contributed by atoms with Crippen LogP contribution >= 0.6 is 0 Å². The van der Waals surface area contributed by atoms with Gasteiger partial charge in [0.05, 0.1) is 11.3 Å². The maximum atomic E-state index is 12.5. The molecule has 3 nitrogen and oxygen atoms in total. The fraction of sp³-hybridized carbons (Fsp3) is 0.111. The minimum Gasteiger partial charge on any atom is -0.397 e. The quantitative estimate of drug-likeness (QED) is 0.518. The molecule has 0 amide bonds. The highest BCUT2D eigenvalue weighted by molar-refractivity contribution is 5.65. The van der Waals surface area contributed by atoms with Gasteiger partial charge in [-0.25, -0.2) is 0 Å². The summed E-state index contributed by atoms with van der Waals surface area (Å²) in [5.41, 5.74) is 6.57. The Morgan fingerprint density at radius 3 is 2.40 bits per heavy atom. The highest BCUT2D eigenvalue weighted by Crippen LogP contribution is 2.33. The molecular formula is C9H10F3N3. The molecule has 0 unspecified atom stereocenters. The summed E-state index contributed by atoms with van der Waals surface area (Å²) in [6.45, 7) is 0. The molecular weight excluding hydrogens is 207 g/mol. The molecule has 0 aliphatic heterocycles. The molecule has 6 heteroatoms. The topological polar surface area (TPSA) is 64.1 Å². The van der Waals surface area contributed by atoms with E-state index >= 15 is 0 Å². The molecule has 0 saturated heterocycles. The van der Waals surface area contributed by atoms with E-state index < -0.39 is 11.7 Å². The average Bonchev–Trinajstić information content (AvgIpc) is 2.17. The third-order valence-corrected chi connectivity index (χ3v) is 1.78. The SMILES string of the molecule is NN/C=C(\N)c1ccccc1C(F)(F)F. The van der Waals surface area contributed by atoms with Crippen molar-refractivity contribution in [2.45, 2.75) is 6.18 Å². The molecule has 0 spiro atoms. The number of nitrogens with one attached hydrogen (secondary N) is 1. The standard InChI is InChI=1S/C9H10F3N3/c10-9(11,12)7-4-2-1-3-6(7)8(13)5-15-14/h1-5,15H,13-14H2/b8-5-. The number of rotatable bonds is 2. The van der Waals surface area contributed by atoms with Gasteiger partial charge in [-0.05, 0) is 6.07 Å². The number of hydrogen-bond acceptors (Lipinski definition) is 3. The van der Waals surface area contributed by atoms with Gasteiger partial charge in [-0.2, -0.15) is 13.2 Å². The number of hydrazine groups is 1. The van der Waals surface area contributed by atoms with E-state index in [1.54, 1.807) is 0 Å². The third-order valence-electron chi connectivity index (χ3n) is 1.78. The van der Waals surface area contributed by atoms with Crippen molar-refractivity contribution in [2.75, 3.05) is 0 Å². The second-order valence-corrected chi connectivity index (χ2v) is 2.81. The Morgan fingerprint density at radius 1 is 1.27 bits per heavy atom. The monoisotopic (exact) mass is 217 g/mol. The molecule has 0 saturated carbocycles. The van der Waals surface area contributed by atoms with Gasteiger partial charge in [0.25, 0.3) is 0 Å². The summed E-state index contributed by atoms with van der Waals surface area (Å²) in [6.07, 6.45) is -3.33. The maximum absolute atomic E-state index is 12.5. The Hall–Kier alpha value is -1.69. The summed E-state index contributed by atoms with van der Waals surface area (Å²) in [5, 5.41) is 0. The van der Waals surface area contributed by atoms with Crippen LogP contribution in [0.15, 0.2) is 30.5 Å². The van der Waals surface area contributed by atoms with Crippen LogP contribution in [0, 0.1) is 0 Å². The van der Waals surface area contributed by atoms with E-state index in [0.717, 1.165) is 12.3 Å². The summed E-state index contributed by atoms with van der Waals surface area (Å²) in [5.74, 6) is 4.94. The lowest BCUT2D eigenvalue weighted by Gasteiger charge is -2.12. The number of benzene rings is 1. The van der Waals surface area contributed by atoms with Gasteiger partial charge < -0.3 is 11.2 Å². The molecule has 1 rings (SSSR count). The largest absolute Gasteiger partial charge is 0.417 e. The Bertz CT molecular complexity index is 371. The van der Waals surface area contributed by atoms with Crippen molar-refractivity contribution in [2.24, 2.45) is 11.6 Å². The van der Waals surface area contributed by atoms with E-state index in [9.17, 15) is 13.2 Å². The second-order valence-electron chi connectivity index (χ2n) is 2.81. The normalized spacial score (nSPS) is 12.7. The molecule has 0 bridgehead atoms. The smallest absolute Gasteiger partial charge is 0.397 e. The van der Waals surface area contributed by atoms with Crippen LogP contribution < -0.4 is 17.0 Å². The van der Waals surface area contributed by atoms with Crippen molar-refractivity contribution >= 4 is 5.70 Å². The molecule has 0 aliphatic rings. The van der Waals surface area contributed by atoms with Crippen LogP contribution in [0.2, 0.25) is 0 Å². The lowest BCUT2D eigenvalue weighted by atomic mass is 10.1. The van der Waals surface area contributed by atoms with E-state index in [-0.39, 0.29) is 11.3 Å². The highest BCUT2D eigenvalue weighted by Gasteiger charge is 2.33. The molecule has 0 heterocycles. The fourth-order valence-electron chi connectivity index (χ4n) is 1.15. The first-order valence-corrected chi connectivity index (χ1v) is 4.05. The van der Waals surface area contributed by atoms with Gasteiger partial charge in [-0.3, -0.25) is 5.84 Å². The van der Waals surface area contributed by atoms with Gasteiger partial charge >= 0.3 is 6.18 Å². The molecule has 82 valence electrons. The zero-order chi connectivity index (χ0) is 11.5. The van der Waals surface area contributed by atoms with Crippen LogP contribution in [0.5, 0.6) is 0 Å². The molecule has 0 aromatic heterocycles. The first kappa shape index (κ1) is 11.4. The van der Waals surface area contributed by atoms with E-state index in [0.29, 0.717) is 0 Å².